The number of hydrogen-bond acceptors (Lipinski definition) is 3. The fourth-order valence-electron chi connectivity index (χ4n) is 3.26. The second-order valence-corrected chi connectivity index (χ2v) is 7.29. The fourth-order valence-corrected chi connectivity index (χ4v) is 3.26. The van der Waals surface area contributed by atoms with Gasteiger partial charge in [-0.3, -0.25) is 0 Å². The van der Waals surface area contributed by atoms with E-state index in [-0.39, 0.29) is 18.1 Å². The van der Waals surface area contributed by atoms with Crippen LogP contribution in [0, 0.1) is 0 Å². The molecule has 0 fully saturated rings. The molecular formula is C22H29N5O. The standard InChI is InChI=1S/C22H29N5O/c1-5-16-10-12-17(13-11-16)20(27(3)4)14-23-22(28)24-15(2)21-25-18-8-6-7-9-19(18)26-21/h6-13,15,20H,5,14H2,1-4H3,(H,25,26)(H2,23,24,28). The van der Waals surface area contributed by atoms with Gasteiger partial charge in [0.05, 0.1) is 23.1 Å². The van der Waals surface area contributed by atoms with Crippen LogP contribution in [0.25, 0.3) is 11.0 Å². The third-order valence-electron chi connectivity index (χ3n) is 5.02. The number of aromatic nitrogens is 2. The minimum atomic E-state index is -0.214. The Labute approximate surface area is 166 Å². The summed E-state index contributed by atoms with van der Waals surface area (Å²) in [5.41, 5.74) is 4.36. The summed E-state index contributed by atoms with van der Waals surface area (Å²) in [5.74, 6) is 0.746. The molecule has 6 heteroatoms. The molecule has 2 unspecified atom stereocenters. The summed E-state index contributed by atoms with van der Waals surface area (Å²) in [7, 11) is 4.05. The maximum atomic E-state index is 12.4. The highest BCUT2D eigenvalue weighted by molar-refractivity contribution is 5.76. The third-order valence-corrected chi connectivity index (χ3v) is 5.02. The second-order valence-electron chi connectivity index (χ2n) is 7.29. The highest BCUT2D eigenvalue weighted by atomic mass is 16.2. The van der Waals surface area contributed by atoms with Gasteiger partial charge in [-0.15, -0.1) is 0 Å². The lowest BCUT2D eigenvalue weighted by molar-refractivity contribution is 0.229. The molecule has 0 bridgehead atoms. The van der Waals surface area contributed by atoms with Gasteiger partial charge in [0, 0.05) is 6.54 Å². The van der Waals surface area contributed by atoms with E-state index < -0.39 is 0 Å². The van der Waals surface area contributed by atoms with Gasteiger partial charge in [-0.05, 0) is 50.7 Å². The van der Waals surface area contributed by atoms with Gasteiger partial charge in [-0.2, -0.15) is 0 Å². The summed E-state index contributed by atoms with van der Waals surface area (Å²) in [6.45, 7) is 4.59. The Kier molecular flexibility index (Phi) is 6.31. The summed E-state index contributed by atoms with van der Waals surface area (Å²) in [6.07, 6.45) is 1.02. The van der Waals surface area contributed by atoms with Crippen molar-refractivity contribution < 1.29 is 4.79 Å². The highest BCUT2D eigenvalue weighted by Gasteiger charge is 2.17. The van der Waals surface area contributed by atoms with Crippen LogP contribution in [-0.2, 0) is 6.42 Å². The van der Waals surface area contributed by atoms with Crippen molar-refractivity contribution in [2.75, 3.05) is 20.6 Å². The van der Waals surface area contributed by atoms with Crippen molar-refractivity contribution in [3.05, 3.63) is 65.5 Å². The number of urea groups is 1. The summed E-state index contributed by atoms with van der Waals surface area (Å²) < 4.78 is 0. The monoisotopic (exact) mass is 379 g/mol. The predicted molar refractivity (Wildman–Crippen MR) is 113 cm³/mol. The molecule has 0 saturated heterocycles. The van der Waals surface area contributed by atoms with Crippen molar-refractivity contribution in [2.45, 2.75) is 32.4 Å². The smallest absolute Gasteiger partial charge is 0.315 e. The van der Waals surface area contributed by atoms with Crippen molar-refractivity contribution in [1.29, 1.82) is 0 Å². The largest absolute Gasteiger partial charge is 0.340 e. The number of amides is 2. The average molecular weight is 380 g/mol. The summed E-state index contributed by atoms with van der Waals surface area (Å²) in [5, 5.41) is 5.95. The van der Waals surface area contributed by atoms with Crippen molar-refractivity contribution in [1.82, 2.24) is 25.5 Å². The Morgan fingerprint density at radius 1 is 1.14 bits per heavy atom. The zero-order valence-corrected chi connectivity index (χ0v) is 17.0. The molecule has 2 atom stereocenters. The number of aromatic amines is 1. The number of nitrogens with one attached hydrogen (secondary N) is 3. The predicted octanol–water partition coefficient (Wildman–Crippen LogP) is 3.79. The van der Waals surface area contributed by atoms with Gasteiger partial charge in [-0.1, -0.05) is 43.3 Å². The number of nitrogens with zero attached hydrogens (tertiary/aromatic N) is 2. The minimum absolute atomic E-state index is 0.109. The number of H-pyrrole nitrogens is 1. The molecule has 6 nitrogen and oxygen atoms in total. The first-order chi connectivity index (χ1) is 13.5. The van der Waals surface area contributed by atoms with Gasteiger partial charge in [-0.25, -0.2) is 9.78 Å². The Hall–Kier alpha value is -2.86. The summed E-state index contributed by atoms with van der Waals surface area (Å²) in [4.78, 5) is 22.3. The molecule has 0 aliphatic heterocycles. The van der Waals surface area contributed by atoms with Crippen LogP contribution < -0.4 is 10.6 Å². The van der Waals surface area contributed by atoms with Crippen LogP contribution in [0.5, 0.6) is 0 Å². The van der Waals surface area contributed by atoms with E-state index in [1.165, 1.54) is 11.1 Å². The number of fused-ring (bicyclic) bond motifs is 1. The Morgan fingerprint density at radius 3 is 2.50 bits per heavy atom. The van der Waals surface area contributed by atoms with Crippen LogP contribution in [0.2, 0.25) is 0 Å². The van der Waals surface area contributed by atoms with Crippen LogP contribution in [-0.4, -0.2) is 41.5 Å². The molecule has 28 heavy (non-hydrogen) atoms. The molecular weight excluding hydrogens is 350 g/mol. The number of para-hydroxylation sites is 2. The third kappa shape index (κ3) is 4.70. The second kappa shape index (κ2) is 8.89. The van der Waals surface area contributed by atoms with E-state index in [9.17, 15) is 4.79 Å². The number of hydrogen-bond donors (Lipinski definition) is 3. The van der Waals surface area contributed by atoms with E-state index in [1.807, 2.05) is 45.3 Å². The summed E-state index contributed by atoms with van der Waals surface area (Å²) >= 11 is 0. The maximum absolute atomic E-state index is 12.4. The van der Waals surface area contributed by atoms with E-state index in [0.29, 0.717) is 6.54 Å². The zero-order valence-electron chi connectivity index (χ0n) is 17.0. The van der Waals surface area contributed by atoms with E-state index in [0.717, 1.165) is 23.3 Å². The molecule has 0 saturated carbocycles. The Balaban J connectivity index is 1.59. The van der Waals surface area contributed by atoms with Crippen LogP contribution in [0.3, 0.4) is 0 Å². The molecule has 1 heterocycles. The van der Waals surface area contributed by atoms with Crippen molar-refractivity contribution in [2.24, 2.45) is 0 Å². The quantitative estimate of drug-likeness (QED) is 0.585. The molecule has 3 rings (SSSR count). The van der Waals surface area contributed by atoms with Crippen LogP contribution >= 0.6 is 0 Å². The lowest BCUT2D eigenvalue weighted by Gasteiger charge is -2.25. The molecule has 2 amide bonds. The number of aryl methyl sites for hydroxylation is 1. The number of benzene rings is 2. The molecule has 0 aliphatic rings. The van der Waals surface area contributed by atoms with Crippen molar-refractivity contribution >= 4 is 17.1 Å². The maximum Gasteiger partial charge on any atom is 0.315 e. The Morgan fingerprint density at radius 2 is 1.86 bits per heavy atom. The van der Waals surface area contributed by atoms with Gasteiger partial charge in [0.15, 0.2) is 0 Å². The number of imidazole rings is 1. The Bertz CT molecular complexity index is 883. The van der Waals surface area contributed by atoms with Crippen LogP contribution in [0.4, 0.5) is 4.79 Å². The lowest BCUT2D eigenvalue weighted by Crippen LogP contribution is -2.41. The normalized spacial score (nSPS) is 13.5. The first-order valence-electron chi connectivity index (χ1n) is 9.72. The first kappa shape index (κ1) is 19.9. The fraction of sp³-hybridized carbons (Fsp3) is 0.364. The molecule has 0 spiro atoms. The van der Waals surface area contributed by atoms with Gasteiger partial charge in [0.25, 0.3) is 0 Å². The number of carbonyl (C=O) groups excluding carboxylic acids is 1. The van der Waals surface area contributed by atoms with Gasteiger partial charge < -0.3 is 20.5 Å². The summed E-state index contributed by atoms with van der Waals surface area (Å²) in [6, 6.07) is 16.1. The molecule has 0 radical (unpaired) electrons. The number of carbonyl (C=O) groups is 1. The lowest BCUT2D eigenvalue weighted by atomic mass is 10.0. The molecule has 148 valence electrons. The minimum Gasteiger partial charge on any atom is -0.340 e. The average Bonchev–Trinajstić information content (AvgIpc) is 3.13. The molecule has 3 N–H and O–H groups in total. The van der Waals surface area contributed by atoms with Crippen LogP contribution in [0.15, 0.2) is 48.5 Å². The van der Waals surface area contributed by atoms with E-state index >= 15 is 0 Å². The van der Waals surface area contributed by atoms with Crippen molar-refractivity contribution in [3.63, 3.8) is 0 Å². The van der Waals surface area contributed by atoms with Crippen molar-refractivity contribution in [3.8, 4) is 0 Å². The van der Waals surface area contributed by atoms with Gasteiger partial charge >= 0.3 is 6.03 Å². The highest BCUT2D eigenvalue weighted by Crippen LogP contribution is 2.19. The van der Waals surface area contributed by atoms with Crippen LogP contribution in [0.1, 0.15) is 42.9 Å². The molecule has 0 aliphatic carbocycles. The number of rotatable bonds is 7. The molecule has 2 aromatic carbocycles. The number of likely N-dealkylation sites (N-methyl/N-ethyl adjacent to an activating group) is 1. The van der Waals surface area contributed by atoms with E-state index in [2.05, 4.69) is 56.7 Å². The zero-order chi connectivity index (χ0) is 20.1. The van der Waals surface area contributed by atoms with Gasteiger partial charge in [0.2, 0.25) is 0 Å². The van der Waals surface area contributed by atoms with E-state index in [1.54, 1.807) is 0 Å². The van der Waals surface area contributed by atoms with Gasteiger partial charge in [0.1, 0.15) is 5.82 Å². The SMILES string of the molecule is CCc1ccc(C(CNC(=O)NC(C)c2nc3ccccc3[nH]2)N(C)C)cc1. The topological polar surface area (TPSA) is 73.0 Å². The first-order valence-corrected chi connectivity index (χ1v) is 9.72. The van der Waals surface area contributed by atoms with E-state index in [4.69, 9.17) is 0 Å². The molecule has 3 aromatic rings. The molecule has 1 aromatic heterocycles.